The van der Waals surface area contributed by atoms with Crippen LogP contribution in [0.4, 0.5) is 8.78 Å². The van der Waals surface area contributed by atoms with E-state index in [-0.39, 0.29) is 5.91 Å². The van der Waals surface area contributed by atoms with Gasteiger partial charge in [-0.3, -0.25) is 4.79 Å². The van der Waals surface area contributed by atoms with Gasteiger partial charge in [0.1, 0.15) is 5.75 Å². The maximum absolute atomic E-state index is 13.4. The van der Waals surface area contributed by atoms with Gasteiger partial charge in [0.05, 0.1) is 13.2 Å². The number of halogens is 2. The van der Waals surface area contributed by atoms with Crippen molar-refractivity contribution in [2.45, 2.75) is 19.9 Å². The van der Waals surface area contributed by atoms with Crippen molar-refractivity contribution >= 4 is 5.91 Å². The molecular weight excluding hydrogens is 300 g/mol. The van der Waals surface area contributed by atoms with Crippen molar-refractivity contribution < 1.29 is 18.3 Å². The van der Waals surface area contributed by atoms with Crippen LogP contribution >= 0.6 is 0 Å². The van der Waals surface area contributed by atoms with Crippen molar-refractivity contribution in [1.29, 1.82) is 0 Å². The number of aryl methyl sites for hydroxylation is 1. The minimum Gasteiger partial charge on any atom is -0.496 e. The summed E-state index contributed by atoms with van der Waals surface area (Å²) in [6.45, 7) is 3.65. The maximum Gasteiger partial charge on any atom is 0.254 e. The van der Waals surface area contributed by atoms with E-state index in [1.165, 1.54) is 11.0 Å². The summed E-state index contributed by atoms with van der Waals surface area (Å²) in [7, 11) is 3.17. The molecule has 0 bridgehead atoms. The lowest BCUT2D eigenvalue weighted by Gasteiger charge is -2.26. The van der Waals surface area contributed by atoms with Crippen LogP contribution in [0.3, 0.4) is 0 Å². The number of benzene rings is 2. The summed E-state index contributed by atoms with van der Waals surface area (Å²) < 4.78 is 31.6. The van der Waals surface area contributed by atoms with Crippen molar-refractivity contribution in [3.63, 3.8) is 0 Å². The van der Waals surface area contributed by atoms with Crippen molar-refractivity contribution in [1.82, 2.24) is 4.90 Å². The van der Waals surface area contributed by atoms with Crippen LogP contribution in [0, 0.1) is 18.6 Å². The average molecular weight is 319 g/mol. The molecule has 5 heteroatoms. The zero-order valence-corrected chi connectivity index (χ0v) is 13.6. The Morgan fingerprint density at radius 3 is 2.43 bits per heavy atom. The molecule has 0 aromatic heterocycles. The SMILES string of the molecule is COc1cc(C(=O)N(C)C(C)c2ccc(F)c(F)c2)ccc1C. The highest BCUT2D eigenvalue weighted by Gasteiger charge is 2.20. The Kier molecular flexibility index (Phi) is 4.98. The molecule has 0 saturated heterocycles. The molecule has 1 atom stereocenters. The fourth-order valence-electron chi connectivity index (χ4n) is 2.33. The minimum absolute atomic E-state index is 0.222. The third-order valence-corrected chi connectivity index (χ3v) is 3.98. The molecule has 0 saturated carbocycles. The fraction of sp³-hybridized carbons (Fsp3) is 0.278. The van der Waals surface area contributed by atoms with Crippen molar-refractivity contribution in [2.75, 3.05) is 14.2 Å². The molecule has 0 radical (unpaired) electrons. The highest BCUT2D eigenvalue weighted by molar-refractivity contribution is 5.94. The van der Waals surface area contributed by atoms with Gasteiger partial charge in [-0.25, -0.2) is 8.78 Å². The lowest BCUT2D eigenvalue weighted by atomic mass is 10.0. The van der Waals surface area contributed by atoms with Crippen molar-refractivity contribution in [3.8, 4) is 5.75 Å². The molecule has 0 N–H and O–H groups in total. The quantitative estimate of drug-likeness (QED) is 0.848. The van der Waals surface area contributed by atoms with E-state index in [0.717, 1.165) is 17.7 Å². The van der Waals surface area contributed by atoms with Crippen LogP contribution in [0.2, 0.25) is 0 Å². The fourth-order valence-corrected chi connectivity index (χ4v) is 2.33. The highest BCUT2D eigenvalue weighted by Crippen LogP contribution is 2.25. The lowest BCUT2D eigenvalue weighted by Crippen LogP contribution is -2.29. The second-order valence-electron chi connectivity index (χ2n) is 5.45. The van der Waals surface area contributed by atoms with E-state index in [0.29, 0.717) is 16.9 Å². The van der Waals surface area contributed by atoms with E-state index in [2.05, 4.69) is 0 Å². The summed E-state index contributed by atoms with van der Waals surface area (Å²) in [6.07, 6.45) is 0. The molecule has 0 aliphatic carbocycles. The van der Waals surface area contributed by atoms with Crippen LogP contribution in [0.1, 0.15) is 34.5 Å². The number of methoxy groups -OCH3 is 1. The standard InChI is InChI=1S/C18H19F2NO2/c1-11-5-6-14(10-17(11)23-4)18(22)21(3)12(2)13-7-8-15(19)16(20)9-13/h5-10,12H,1-4H3. The molecule has 2 aromatic carbocycles. The predicted molar refractivity (Wildman–Crippen MR) is 84.6 cm³/mol. The summed E-state index contributed by atoms with van der Waals surface area (Å²) in [4.78, 5) is 14.1. The maximum atomic E-state index is 13.4. The first kappa shape index (κ1) is 16.9. The van der Waals surface area contributed by atoms with Crippen LogP contribution in [-0.4, -0.2) is 25.0 Å². The molecule has 1 amide bonds. The van der Waals surface area contributed by atoms with Crippen LogP contribution in [0.5, 0.6) is 5.75 Å². The highest BCUT2D eigenvalue weighted by atomic mass is 19.2. The Labute approximate surface area is 134 Å². The molecule has 2 aromatic rings. The zero-order valence-electron chi connectivity index (χ0n) is 13.6. The van der Waals surface area contributed by atoms with Gasteiger partial charge in [-0.2, -0.15) is 0 Å². The zero-order chi connectivity index (χ0) is 17.1. The van der Waals surface area contributed by atoms with Crippen LogP contribution in [-0.2, 0) is 0 Å². The van der Waals surface area contributed by atoms with E-state index >= 15 is 0 Å². The summed E-state index contributed by atoms with van der Waals surface area (Å²) in [5.74, 6) is -1.42. The summed E-state index contributed by atoms with van der Waals surface area (Å²) >= 11 is 0. The third-order valence-electron chi connectivity index (χ3n) is 3.98. The van der Waals surface area contributed by atoms with Gasteiger partial charge in [-0.1, -0.05) is 12.1 Å². The smallest absolute Gasteiger partial charge is 0.254 e. The molecule has 3 nitrogen and oxygen atoms in total. The molecule has 0 fully saturated rings. The van der Waals surface area contributed by atoms with Gasteiger partial charge in [-0.05, 0) is 49.2 Å². The Morgan fingerprint density at radius 1 is 1.13 bits per heavy atom. The van der Waals surface area contributed by atoms with Gasteiger partial charge in [-0.15, -0.1) is 0 Å². The lowest BCUT2D eigenvalue weighted by molar-refractivity contribution is 0.0742. The topological polar surface area (TPSA) is 29.5 Å². The number of hydrogen-bond donors (Lipinski definition) is 0. The summed E-state index contributed by atoms with van der Waals surface area (Å²) in [5.41, 5.74) is 1.93. The van der Waals surface area contributed by atoms with Crippen LogP contribution < -0.4 is 4.74 Å². The molecule has 0 heterocycles. The van der Waals surface area contributed by atoms with E-state index in [9.17, 15) is 13.6 Å². The molecule has 2 rings (SSSR count). The first-order valence-corrected chi connectivity index (χ1v) is 7.22. The molecule has 122 valence electrons. The predicted octanol–water partition coefficient (Wildman–Crippen LogP) is 4.12. The number of hydrogen-bond acceptors (Lipinski definition) is 2. The van der Waals surface area contributed by atoms with E-state index < -0.39 is 17.7 Å². The monoisotopic (exact) mass is 319 g/mol. The summed E-state index contributed by atoms with van der Waals surface area (Å²) in [6, 6.07) is 8.45. The first-order chi connectivity index (χ1) is 10.8. The van der Waals surface area contributed by atoms with Crippen molar-refractivity contribution in [2.24, 2.45) is 0 Å². The summed E-state index contributed by atoms with van der Waals surface area (Å²) in [5, 5.41) is 0. The molecule has 0 aliphatic heterocycles. The Hall–Kier alpha value is -2.43. The van der Waals surface area contributed by atoms with Gasteiger partial charge < -0.3 is 9.64 Å². The largest absolute Gasteiger partial charge is 0.496 e. The van der Waals surface area contributed by atoms with E-state index in [1.807, 2.05) is 13.0 Å². The Balaban J connectivity index is 2.26. The van der Waals surface area contributed by atoms with Gasteiger partial charge in [0.25, 0.3) is 5.91 Å². The van der Waals surface area contributed by atoms with E-state index in [4.69, 9.17) is 4.74 Å². The number of ether oxygens (including phenoxy) is 1. The Morgan fingerprint density at radius 2 is 1.83 bits per heavy atom. The third kappa shape index (κ3) is 3.50. The molecule has 23 heavy (non-hydrogen) atoms. The van der Waals surface area contributed by atoms with Gasteiger partial charge >= 0.3 is 0 Å². The number of carbonyl (C=O) groups is 1. The normalized spacial score (nSPS) is 11.9. The second kappa shape index (κ2) is 6.77. The average Bonchev–Trinajstić information content (AvgIpc) is 2.55. The number of carbonyl (C=O) groups excluding carboxylic acids is 1. The number of rotatable bonds is 4. The first-order valence-electron chi connectivity index (χ1n) is 7.22. The van der Waals surface area contributed by atoms with Gasteiger partial charge in [0, 0.05) is 12.6 Å². The van der Waals surface area contributed by atoms with E-state index in [1.54, 1.807) is 33.2 Å². The van der Waals surface area contributed by atoms with Gasteiger partial charge in [0.2, 0.25) is 0 Å². The Bertz CT molecular complexity index is 731. The van der Waals surface area contributed by atoms with Crippen LogP contribution in [0.15, 0.2) is 36.4 Å². The molecule has 0 spiro atoms. The molecule has 1 unspecified atom stereocenters. The number of amides is 1. The molecule has 0 aliphatic rings. The second-order valence-corrected chi connectivity index (χ2v) is 5.45. The van der Waals surface area contributed by atoms with Crippen LogP contribution in [0.25, 0.3) is 0 Å². The van der Waals surface area contributed by atoms with Gasteiger partial charge in [0.15, 0.2) is 11.6 Å². The van der Waals surface area contributed by atoms with Crippen molar-refractivity contribution in [3.05, 3.63) is 64.7 Å². The number of nitrogens with zero attached hydrogens (tertiary/aromatic N) is 1. The molecular formula is C18H19F2NO2. The minimum atomic E-state index is -0.924.